The Morgan fingerprint density at radius 2 is 1.20 bits per heavy atom. The van der Waals surface area contributed by atoms with Crippen molar-refractivity contribution in [3.8, 4) is 12.3 Å². The summed E-state index contributed by atoms with van der Waals surface area (Å²) >= 11 is 0. The van der Waals surface area contributed by atoms with Gasteiger partial charge in [-0.25, -0.2) is 9.36 Å². The zero-order valence-electron chi connectivity index (χ0n) is 40.7. The van der Waals surface area contributed by atoms with E-state index in [1.54, 1.807) is 22.2 Å². The molecule has 0 radical (unpaired) electrons. The molecule has 3 aromatic heterocycles. The highest BCUT2D eigenvalue weighted by Crippen LogP contribution is 2.26. The third kappa shape index (κ3) is 17.0. The number of hydrogen-bond donors (Lipinski definition) is 5. The Hall–Kier alpha value is -5.78. The monoisotopic (exact) mass is 1000 g/mol. The summed E-state index contributed by atoms with van der Waals surface area (Å²) in [6.07, 6.45) is 9.54. The highest BCUT2D eigenvalue weighted by atomic mass is 35.5. The second kappa shape index (κ2) is 28.8. The van der Waals surface area contributed by atoms with Crippen molar-refractivity contribution in [1.29, 1.82) is 0 Å². The van der Waals surface area contributed by atoms with Gasteiger partial charge in [0.1, 0.15) is 18.7 Å². The van der Waals surface area contributed by atoms with Gasteiger partial charge >= 0.3 is 11.9 Å². The number of terminal acetylenes is 1. The molecule has 0 aromatic carbocycles. The Kier molecular flexibility index (Phi) is 23.4. The van der Waals surface area contributed by atoms with Crippen LogP contribution in [0, 0.1) is 24.2 Å². The van der Waals surface area contributed by atoms with E-state index in [1.165, 1.54) is 9.36 Å². The van der Waals surface area contributed by atoms with Crippen LogP contribution in [0.15, 0.2) is 12.4 Å². The second-order valence-electron chi connectivity index (χ2n) is 17.6. The SMILES string of the molecule is C#CCOCCOCCOCCNc1nc(N2CCN(C(=O)[C@H](CCC(=O)O)n3cc(C(N)CC(C)C)nn3)CC2)nc(N2CCN(C(=O)[C@H](CCC(=O)O)n3cc(C(N)[C@H](C)CC)nn3)CC2)n1.Cl. The van der Waals surface area contributed by atoms with E-state index in [-0.39, 0.29) is 74.5 Å². The molecule has 2 saturated heterocycles. The molecule has 26 heteroatoms. The first-order chi connectivity index (χ1) is 33.2. The Morgan fingerprint density at radius 1 is 0.729 bits per heavy atom. The number of piperazine rings is 2. The number of hydrogen-bond acceptors (Lipinski definition) is 19. The molecule has 7 N–H and O–H groups in total. The van der Waals surface area contributed by atoms with Crippen molar-refractivity contribution in [2.45, 2.75) is 90.4 Å². The normalized spacial score (nSPS) is 16.3. The van der Waals surface area contributed by atoms with Gasteiger partial charge in [-0.1, -0.05) is 50.5 Å². The number of anilines is 3. The molecule has 3 aromatic rings. The molecule has 0 bridgehead atoms. The standard InChI is InChI=1S/C44H70N16O9.ClH/c1-6-21-67-23-25-69-26-24-68-22-12-47-42-48-43(57-17-13-55(14-18-57)40(65)35(8-10-37(61)62)59-28-33(51-53-59)32(45)27-30(3)4)50-44(49-42)58-19-15-56(16-20-58)41(66)36(9-11-38(63)64)60-29-34(52-54-60)39(46)31(5)7-2;/h1,28-32,35-36,39H,7-27,45-46H2,2-5H3,(H,61,62)(H,63,64)(H,47,48,49,50);1H/t31-,32?,35+,36+,39?;/m1./s1. The van der Waals surface area contributed by atoms with E-state index in [9.17, 15) is 29.4 Å². The van der Waals surface area contributed by atoms with Crippen molar-refractivity contribution in [2.75, 3.05) is 114 Å². The first-order valence-electron chi connectivity index (χ1n) is 23.7. The minimum absolute atomic E-state index is 0. The van der Waals surface area contributed by atoms with Crippen LogP contribution in [-0.4, -0.2) is 187 Å². The number of halogens is 1. The lowest BCUT2D eigenvalue weighted by atomic mass is 9.98. The lowest BCUT2D eigenvalue weighted by Crippen LogP contribution is -2.52. The molecule has 388 valence electrons. The molecule has 2 unspecified atom stereocenters. The number of carboxylic acid groups (broad SMARTS) is 2. The molecule has 0 saturated carbocycles. The molecular weight excluding hydrogens is 932 g/mol. The number of nitrogens with two attached hydrogens (primary N) is 2. The van der Waals surface area contributed by atoms with E-state index in [2.05, 4.69) is 31.9 Å². The average Bonchev–Trinajstić information content (AvgIpc) is 4.04. The van der Waals surface area contributed by atoms with Gasteiger partial charge < -0.3 is 60.8 Å². The molecular formula is C44H71ClN16O9. The highest BCUT2D eigenvalue weighted by molar-refractivity contribution is 5.85. The molecule has 0 aliphatic carbocycles. The van der Waals surface area contributed by atoms with Gasteiger partial charge in [0.15, 0.2) is 0 Å². The summed E-state index contributed by atoms with van der Waals surface area (Å²) < 4.78 is 19.3. The fraction of sp³-hybridized carbons (Fsp3) is 0.705. The van der Waals surface area contributed by atoms with Crippen LogP contribution in [-0.2, 0) is 33.4 Å². The molecule has 2 aliphatic heterocycles. The number of amides is 2. The molecule has 2 amide bonds. The van der Waals surface area contributed by atoms with Crippen LogP contribution < -0.4 is 26.6 Å². The van der Waals surface area contributed by atoms with Gasteiger partial charge in [-0.3, -0.25) is 19.2 Å². The summed E-state index contributed by atoms with van der Waals surface area (Å²) in [6, 6.07) is -2.54. The predicted octanol–water partition coefficient (Wildman–Crippen LogP) is 1.17. The van der Waals surface area contributed by atoms with Gasteiger partial charge in [-0.15, -0.1) is 29.0 Å². The third-order valence-corrected chi connectivity index (χ3v) is 12.1. The summed E-state index contributed by atoms with van der Waals surface area (Å²) in [5, 5.41) is 39.2. The van der Waals surface area contributed by atoms with E-state index in [0.29, 0.717) is 134 Å². The van der Waals surface area contributed by atoms with E-state index in [0.717, 1.165) is 6.42 Å². The summed E-state index contributed by atoms with van der Waals surface area (Å²) in [4.78, 5) is 73.1. The summed E-state index contributed by atoms with van der Waals surface area (Å²) in [6.45, 7) is 13.2. The second-order valence-corrected chi connectivity index (χ2v) is 17.6. The minimum atomic E-state index is -1.03. The lowest BCUT2D eigenvalue weighted by molar-refractivity contribution is -0.140. The van der Waals surface area contributed by atoms with E-state index >= 15 is 0 Å². The number of aromatic nitrogens is 9. The van der Waals surface area contributed by atoms with Crippen LogP contribution in [0.5, 0.6) is 0 Å². The first-order valence-corrected chi connectivity index (χ1v) is 23.7. The van der Waals surface area contributed by atoms with E-state index < -0.39 is 24.0 Å². The Bertz CT molecular complexity index is 2140. The molecule has 5 rings (SSSR count). The van der Waals surface area contributed by atoms with Crippen molar-refractivity contribution in [1.82, 2.24) is 54.7 Å². The van der Waals surface area contributed by atoms with Crippen LogP contribution in [0.1, 0.15) is 102 Å². The lowest BCUT2D eigenvalue weighted by Gasteiger charge is -2.38. The Balaban J connectivity index is 0.0000107. The number of nitrogens with zero attached hydrogens (tertiary/aromatic N) is 13. The molecule has 5 heterocycles. The fourth-order valence-electron chi connectivity index (χ4n) is 7.84. The summed E-state index contributed by atoms with van der Waals surface area (Å²) in [5.41, 5.74) is 13.8. The molecule has 70 heavy (non-hydrogen) atoms. The van der Waals surface area contributed by atoms with Gasteiger partial charge in [0.25, 0.3) is 0 Å². The quantitative estimate of drug-likeness (QED) is 0.0481. The predicted molar refractivity (Wildman–Crippen MR) is 259 cm³/mol. The smallest absolute Gasteiger partial charge is 0.303 e. The van der Waals surface area contributed by atoms with Crippen molar-refractivity contribution in [2.24, 2.45) is 23.3 Å². The molecule has 2 aliphatic rings. The van der Waals surface area contributed by atoms with Gasteiger partial charge in [-0.2, -0.15) is 15.0 Å². The van der Waals surface area contributed by atoms with E-state index in [4.69, 9.17) is 47.1 Å². The maximum absolute atomic E-state index is 14.1. The number of rotatable bonds is 29. The molecule has 0 spiro atoms. The van der Waals surface area contributed by atoms with Crippen molar-refractivity contribution >= 4 is 54.0 Å². The number of carbonyl (C=O) groups excluding carboxylic acids is 2. The minimum Gasteiger partial charge on any atom is -0.481 e. The van der Waals surface area contributed by atoms with Crippen LogP contribution in [0.4, 0.5) is 17.8 Å². The number of nitrogens with one attached hydrogen (secondary N) is 1. The fourth-order valence-corrected chi connectivity index (χ4v) is 7.84. The number of aliphatic carboxylic acids is 2. The Labute approximate surface area is 414 Å². The largest absolute Gasteiger partial charge is 0.481 e. The zero-order valence-corrected chi connectivity index (χ0v) is 41.5. The van der Waals surface area contributed by atoms with E-state index in [1.807, 2.05) is 37.5 Å². The number of carboxylic acids is 2. The first kappa shape index (κ1) is 56.8. The molecule has 2 fully saturated rings. The van der Waals surface area contributed by atoms with Crippen LogP contribution in [0.2, 0.25) is 0 Å². The highest BCUT2D eigenvalue weighted by Gasteiger charge is 2.34. The maximum Gasteiger partial charge on any atom is 0.303 e. The summed E-state index contributed by atoms with van der Waals surface area (Å²) in [7, 11) is 0. The number of carbonyl (C=O) groups is 4. The van der Waals surface area contributed by atoms with Gasteiger partial charge in [-0.05, 0) is 31.1 Å². The average molecular weight is 1000 g/mol. The van der Waals surface area contributed by atoms with Crippen molar-refractivity contribution in [3.63, 3.8) is 0 Å². The van der Waals surface area contributed by atoms with Crippen LogP contribution in [0.3, 0.4) is 0 Å². The van der Waals surface area contributed by atoms with Crippen molar-refractivity contribution in [3.05, 3.63) is 23.8 Å². The molecule has 5 atom stereocenters. The maximum atomic E-state index is 14.1. The van der Waals surface area contributed by atoms with Crippen molar-refractivity contribution < 1.29 is 43.6 Å². The topological polar surface area (TPSA) is 314 Å². The Morgan fingerprint density at radius 3 is 1.67 bits per heavy atom. The molecule has 25 nitrogen and oxygen atoms in total. The van der Waals surface area contributed by atoms with Gasteiger partial charge in [0.05, 0.1) is 68.9 Å². The van der Waals surface area contributed by atoms with Gasteiger partial charge in [0, 0.05) is 71.7 Å². The number of ether oxygens (including phenoxy) is 3. The zero-order chi connectivity index (χ0) is 49.9. The van der Waals surface area contributed by atoms with Crippen LogP contribution >= 0.6 is 12.4 Å². The third-order valence-electron chi connectivity index (χ3n) is 12.1. The van der Waals surface area contributed by atoms with Gasteiger partial charge in [0.2, 0.25) is 29.7 Å². The van der Waals surface area contributed by atoms with Crippen LogP contribution in [0.25, 0.3) is 0 Å². The summed E-state index contributed by atoms with van der Waals surface area (Å²) in [5.74, 6) is 1.30.